The Morgan fingerprint density at radius 3 is 2.45 bits per heavy atom. The van der Waals surface area contributed by atoms with E-state index in [9.17, 15) is 9.18 Å². The monoisotopic (exact) mass is 272 g/mol. The van der Waals surface area contributed by atoms with Crippen molar-refractivity contribution in [3.63, 3.8) is 0 Å². The molecule has 104 valence electrons. The second-order valence-corrected chi connectivity index (χ2v) is 4.51. The topological polar surface area (TPSA) is 55.1 Å². The molecule has 0 aliphatic carbocycles. The molecule has 3 N–H and O–H groups in total. The number of nitrogens with one attached hydrogen (secondary N) is 1. The highest BCUT2D eigenvalue weighted by molar-refractivity contribution is 5.94. The maximum Gasteiger partial charge on any atom is 0.251 e. The average Bonchev–Trinajstić information content (AvgIpc) is 2.47. The van der Waals surface area contributed by atoms with Gasteiger partial charge >= 0.3 is 0 Å². The molecule has 0 saturated carbocycles. The van der Waals surface area contributed by atoms with E-state index in [4.69, 9.17) is 5.73 Å². The molecule has 1 amide bonds. The summed E-state index contributed by atoms with van der Waals surface area (Å²) in [6.45, 7) is 0.759. The standard InChI is InChI=1S/C16H17FN2O/c17-15-4-2-1-3-14(15)11-19-16(20)13-7-5-12(6-8-13)9-10-18/h1-8H,9-11,18H2,(H,19,20). The van der Waals surface area contributed by atoms with Crippen molar-refractivity contribution in [2.75, 3.05) is 6.54 Å². The smallest absolute Gasteiger partial charge is 0.251 e. The third-order valence-electron chi connectivity index (χ3n) is 3.05. The quantitative estimate of drug-likeness (QED) is 0.877. The highest BCUT2D eigenvalue weighted by Crippen LogP contribution is 2.08. The van der Waals surface area contributed by atoms with Crippen molar-refractivity contribution < 1.29 is 9.18 Å². The largest absolute Gasteiger partial charge is 0.348 e. The Labute approximate surface area is 117 Å². The SMILES string of the molecule is NCCc1ccc(C(=O)NCc2ccccc2F)cc1. The molecule has 2 aromatic carbocycles. The van der Waals surface area contributed by atoms with Crippen molar-refractivity contribution in [2.24, 2.45) is 5.73 Å². The van der Waals surface area contributed by atoms with Crippen LogP contribution in [0.5, 0.6) is 0 Å². The van der Waals surface area contributed by atoms with E-state index in [1.165, 1.54) is 6.07 Å². The second-order valence-electron chi connectivity index (χ2n) is 4.51. The Kier molecular flexibility index (Phi) is 4.85. The van der Waals surface area contributed by atoms with Crippen molar-refractivity contribution in [3.8, 4) is 0 Å². The van der Waals surface area contributed by atoms with E-state index in [0.29, 0.717) is 17.7 Å². The first-order valence-electron chi connectivity index (χ1n) is 6.51. The molecule has 0 saturated heterocycles. The zero-order chi connectivity index (χ0) is 14.4. The highest BCUT2D eigenvalue weighted by Gasteiger charge is 2.06. The van der Waals surface area contributed by atoms with Gasteiger partial charge in [0.05, 0.1) is 0 Å². The predicted octanol–water partition coefficient (Wildman–Crippen LogP) is 2.26. The molecule has 2 rings (SSSR count). The molecule has 0 heterocycles. The minimum atomic E-state index is -0.314. The number of nitrogens with two attached hydrogens (primary N) is 1. The van der Waals surface area contributed by atoms with Crippen LogP contribution in [-0.4, -0.2) is 12.5 Å². The Hall–Kier alpha value is -2.20. The normalized spacial score (nSPS) is 10.3. The molecule has 0 aliphatic rings. The molecule has 0 spiro atoms. The van der Waals surface area contributed by atoms with E-state index in [1.54, 1.807) is 30.3 Å². The maximum atomic E-state index is 13.4. The van der Waals surface area contributed by atoms with Gasteiger partial charge in [-0.25, -0.2) is 4.39 Å². The number of carbonyl (C=O) groups is 1. The number of amides is 1. The summed E-state index contributed by atoms with van der Waals surface area (Å²) >= 11 is 0. The molecule has 0 aromatic heterocycles. The highest BCUT2D eigenvalue weighted by atomic mass is 19.1. The first-order valence-corrected chi connectivity index (χ1v) is 6.51. The van der Waals surface area contributed by atoms with Crippen molar-refractivity contribution in [1.29, 1.82) is 0 Å². The van der Waals surface area contributed by atoms with E-state index >= 15 is 0 Å². The molecule has 0 bridgehead atoms. The minimum absolute atomic E-state index is 0.177. The number of hydrogen-bond donors (Lipinski definition) is 2. The van der Waals surface area contributed by atoms with Gasteiger partial charge in [-0.1, -0.05) is 30.3 Å². The summed E-state index contributed by atoms with van der Waals surface area (Å²) in [6.07, 6.45) is 0.789. The lowest BCUT2D eigenvalue weighted by Gasteiger charge is -2.07. The van der Waals surface area contributed by atoms with Gasteiger partial charge in [0.25, 0.3) is 5.91 Å². The Morgan fingerprint density at radius 1 is 1.10 bits per heavy atom. The molecule has 4 heteroatoms. The van der Waals surface area contributed by atoms with Crippen molar-refractivity contribution in [1.82, 2.24) is 5.32 Å². The van der Waals surface area contributed by atoms with E-state index in [1.807, 2.05) is 12.1 Å². The molecule has 20 heavy (non-hydrogen) atoms. The lowest BCUT2D eigenvalue weighted by atomic mass is 10.1. The fraction of sp³-hybridized carbons (Fsp3) is 0.188. The number of halogens is 1. The number of hydrogen-bond acceptors (Lipinski definition) is 2. The summed E-state index contributed by atoms with van der Waals surface area (Å²) in [5.74, 6) is -0.529. The Bertz CT molecular complexity index is 581. The van der Waals surface area contributed by atoms with Gasteiger partial charge in [0.1, 0.15) is 5.82 Å². The van der Waals surface area contributed by atoms with Gasteiger partial charge in [-0.05, 0) is 36.7 Å². The molecule has 0 atom stereocenters. The van der Waals surface area contributed by atoms with Gasteiger partial charge in [-0.3, -0.25) is 4.79 Å². The van der Waals surface area contributed by atoms with E-state index in [0.717, 1.165) is 12.0 Å². The molecule has 0 fully saturated rings. The summed E-state index contributed by atoms with van der Waals surface area (Å²) in [5, 5.41) is 2.70. The van der Waals surface area contributed by atoms with E-state index in [2.05, 4.69) is 5.32 Å². The predicted molar refractivity (Wildman–Crippen MR) is 76.8 cm³/mol. The molecular formula is C16H17FN2O. The number of carbonyl (C=O) groups excluding carboxylic acids is 1. The van der Waals surface area contributed by atoms with Crippen molar-refractivity contribution >= 4 is 5.91 Å². The van der Waals surface area contributed by atoms with Crippen LogP contribution >= 0.6 is 0 Å². The summed E-state index contributed by atoms with van der Waals surface area (Å²) in [6, 6.07) is 13.7. The van der Waals surface area contributed by atoms with Crippen LogP contribution in [0.2, 0.25) is 0 Å². The third kappa shape index (κ3) is 3.65. The first-order chi connectivity index (χ1) is 9.70. The van der Waals surface area contributed by atoms with Crippen LogP contribution in [0, 0.1) is 5.82 Å². The van der Waals surface area contributed by atoms with Crippen LogP contribution in [-0.2, 0) is 13.0 Å². The Balaban J connectivity index is 1.96. The van der Waals surface area contributed by atoms with E-state index in [-0.39, 0.29) is 18.3 Å². The molecule has 0 aliphatic heterocycles. The fourth-order valence-corrected chi connectivity index (χ4v) is 1.91. The lowest BCUT2D eigenvalue weighted by molar-refractivity contribution is 0.0950. The summed E-state index contributed by atoms with van der Waals surface area (Å²) in [7, 11) is 0. The molecule has 0 unspecified atom stereocenters. The fourth-order valence-electron chi connectivity index (χ4n) is 1.91. The van der Waals surface area contributed by atoms with Gasteiger partial charge in [-0.15, -0.1) is 0 Å². The van der Waals surface area contributed by atoms with Crippen LogP contribution in [0.1, 0.15) is 21.5 Å². The second kappa shape index (κ2) is 6.82. The molecule has 2 aromatic rings. The molecule has 0 radical (unpaired) electrons. The van der Waals surface area contributed by atoms with Crippen LogP contribution in [0.15, 0.2) is 48.5 Å². The van der Waals surface area contributed by atoms with Crippen LogP contribution in [0.4, 0.5) is 4.39 Å². The summed E-state index contributed by atoms with van der Waals surface area (Å²) in [5.41, 5.74) is 7.60. The van der Waals surface area contributed by atoms with Gasteiger partial charge in [0, 0.05) is 17.7 Å². The van der Waals surface area contributed by atoms with Crippen LogP contribution in [0.25, 0.3) is 0 Å². The molecular weight excluding hydrogens is 255 g/mol. The van der Waals surface area contributed by atoms with Crippen LogP contribution in [0.3, 0.4) is 0 Å². The summed E-state index contributed by atoms with van der Waals surface area (Å²) in [4.78, 5) is 11.9. The third-order valence-corrected chi connectivity index (χ3v) is 3.05. The van der Waals surface area contributed by atoms with Gasteiger partial charge in [0.2, 0.25) is 0 Å². The van der Waals surface area contributed by atoms with E-state index < -0.39 is 0 Å². The van der Waals surface area contributed by atoms with Crippen molar-refractivity contribution in [3.05, 3.63) is 71.0 Å². The van der Waals surface area contributed by atoms with Crippen LogP contribution < -0.4 is 11.1 Å². The van der Waals surface area contributed by atoms with Gasteiger partial charge in [-0.2, -0.15) is 0 Å². The number of benzene rings is 2. The van der Waals surface area contributed by atoms with Gasteiger partial charge in [0.15, 0.2) is 0 Å². The maximum absolute atomic E-state index is 13.4. The Morgan fingerprint density at radius 2 is 1.80 bits per heavy atom. The minimum Gasteiger partial charge on any atom is -0.348 e. The average molecular weight is 272 g/mol. The zero-order valence-corrected chi connectivity index (χ0v) is 11.1. The van der Waals surface area contributed by atoms with Gasteiger partial charge < -0.3 is 11.1 Å². The zero-order valence-electron chi connectivity index (χ0n) is 11.1. The van der Waals surface area contributed by atoms with Crippen molar-refractivity contribution in [2.45, 2.75) is 13.0 Å². The number of rotatable bonds is 5. The molecule has 3 nitrogen and oxygen atoms in total. The lowest BCUT2D eigenvalue weighted by Crippen LogP contribution is -2.23. The summed E-state index contributed by atoms with van der Waals surface area (Å²) < 4.78 is 13.4. The first kappa shape index (κ1) is 14.2.